The van der Waals surface area contributed by atoms with Crippen LogP contribution in [0.25, 0.3) is 10.8 Å². The summed E-state index contributed by atoms with van der Waals surface area (Å²) in [5.74, 6) is 0.606. The molecule has 0 aliphatic heterocycles. The number of amides is 1. The molecule has 3 aromatic carbocycles. The van der Waals surface area contributed by atoms with Gasteiger partial charge in [-0.2, -0.15) is 0 Å². The zero-order chi connectivity index (χ0) is 17.8. The topological polar surface area (TPSA) is 38.3 Å². The lowest BCUT2D eigenvalue weighted by Gasteiger charge is -2.18. The fourth-order valence-electron chi connectivity index (χ4n) is 3.05. The molecule has 3 aromatic rings. The first-order chi connectivity index (χ1) is 12.0. The van der Waals surface area contributed by atoms with E-state index in [1.807, 2.05) is 49.4 Å². The van der Waals surface area contributed by atoms with Crippen LogP contribution in [0.2, 0.25) is 0 Å². The van der Waals surface area contributed by atoms with E-state index in [2.05, 4.69) is 37.4 Å². The third kappa shape index (κ3) is 4.00. The Morgan fingerprint density at radius 1 is 1.04 bits per heavy atom. The van der Waals surface area contributed by atoms with Crippen molar-refractivity contribution in [2.75, 3.05) is 6.61 Å². The molecule has 0 aromatic heterocycles. The maximum absolute atomic E-state index is 12.3. The first-order valence-electron chi connectivity index (χ1n) is 8.51. The van der Waals surface area contributed by atoms with E-state index in [0.29, 0.717) is 0 Å². The van der Waals surface area contributed by atoms with Crippen molar-refractivity contribution in [2.45, 2.75) is 26.8 Å². The summed E-state index contributed by atoms with van der Waals surface area (Å²) in [4.78, 5) is 12.3. The second-order valence-electron chi connectivity index (χ2n) is 6.42. The lowest BCUT2D eigenvalue weighted by Crippen LogP contribution is -2.31. The first kappa shape index (κ1) is 17.0. The maximum atomic E-state index is 12.3. The molecular formula is C22H23NO2. The van der Waals surface area contributed by atoms with E-state index in [-0.39, 0.29) is 18.6 Å². The van der Waals surface area contributed by atoms with Crippen LogP contribution in [0.5, 0.6) is 5.75 Å². The number of ether oxygens (including phenoxy) is 1. The van der Waals surface area contributed by atoms with E-state index in [9.17, 15) is 4.79 Å². The number of benzene rings is 3. The largest absolute Gasteiger partial charge is 0.483 e. The van der Waals surface area contributed by atoms with Crippen LogP contribution in [0, 0.1) is 13.8 Å². The highest BCUT2D eigenvalue weighted by atomic mass is 16.5. The zero-order valence-electron chi connectivity index (χ0n) is 14.9. The zero-order valence-corrected chi connectivity index (χ0v) is 14.9. The summed E-state index contributed by atoms with van der Waals surface area (Å²) in [6, 6.07) is 20.1. The summed E-state index contributed by atoms with van der Waals surface area (Å²) >= 11 is 0. The molecule has 128 valence electrons. The molecule has 0 saturated carbocycles. The molecule has 0 aliphatic rings. The molecule has 1 atom stereocenters. The fourth-order valence-corrected chi connectivity index (χ4v) is 3.05. The van der Waals surface area contributed by atoms with Crippen LogP contribution in [0.15, 0.2) is 60.7 Å². The first-order valence-corrected chi connectivity index (χ1v) is 8.51. The minimum Gasteiger partial charge on any atom is -0.483 e. The van der Waals surface area contributed by atoms with Crippen molar-refractivity contribution in [3.8, 4) is 5.75 Å². The van der Waals surface area contributed by atoms with Gasteiger partial charge in [-0.25, -0.2) is 0 Å². The number of hydrogen-bond acceptors (Lipinski definition) is 2. The molecule has 25 heavy (non-hydrogen) atoms. The normalized spacial score (nSPS) is 12.0. The number of carbonyl (C=O) groups is 1. The van der Waals surface area contributed by atoms with Gasteiger partial charge in [0.2, 0.25) is 0 Å². The summed E-state index contributed by atoms with van der Waals surface area (Å²) in [7, 11) is 0. The van der Waals surface area contributed by atoms with Crippen molar-refractivity contribution >= 4 is 16.7 Å². The minimum atomic E-state index is -0.124. The van der Waals surface area contributed by atoms with Gasteiger partial charge in [0.05, 0.1) is 6.04 Å². The fraction of sp³-hybridized carbons (Fsp3) is 0.227. The number of hydrogen-bond donors (Lipinski definition) is 1. The second-order valence-corrected chi connectivity index (χ2v) is 6.42. The second kappa shape index (κ2) is 7.39. The van der Waals surface area contributed by atoms with Gasteiger partial charge in [-0.05, 0) is 43.4 Å². The molecule has 3 heteroatoms. The Kier molecular flexibility index (Phi) is 5.03. The van der Waals surface area contributed by atoms with Crippen LogP contribution in [0.4, 0.5) is 0 Å². The van der Waals surface area contributed by atoms with E-state index in [1.54, 1.807) is 0 Å². The van der Waals surface area contributed by atoms with Crippen molar-refractivity contribution in [3.05, 3.63) is 77.4 Å². The van der Waals surface area contributed by atoms with Crippen LogP contribution in [-0.4, -0.2) is 12.5 Å². The van der Waals surface area contributed by atoms with Crippen molar-refractivity contribution < 1.29 is 9.53 Å². The van der Waals surface area contributed by atoms with Crippen molar-refractivity contribution in [1.82, 2.24) is 5.32 Å². The quantitative estimate of drug-likeness (QED) is 0.734. The molecule has 0 saturated heterocycles. The Morgan fingerprint density at radius 2 is 1.80 bits per heavy atom. The predicted octanol–water partition coefficient (Wildman–Crippen LogP) is 4.71. The highest BCUT2D eigenvalue weighted by Gasteiger charge is 2.13. The predicted molar refractivity (Wildman–Crippen MR) is 102 cm³/mol. The average molecular weight is 333 g/mol. The van der Waals surface area contributed by atoms with Crippen molar-refractivity contribution in [2.24, 2.45) is 0 Å². The van der Waals surface area contributed by atoms with Gasteiger partial charge in [-0.3, -0.25) is 4.79 Å². The molecule has 0 spiro atoms. The Balaban J connectivity index is 1.65. The third-order valence-electron chi connectivity index (χ3n) is 4.39. The summed E-state index contributed by atoms with van der Waals surface area (Å²) < 4.78 is 5.76. The molecule has 0 heterocycles. The Labute approximate surface area is 148 Å². The summed E-state index contributed by atoms with van der Waals surface area (Å²) in [5, 5.41) is 5.13. The molecular weight excluding hydrogens is 310 g/mol. The summed E-state index contributed by atoms with van der Waals surface area (Å²) in [6.07, 6.45) is 0. The SMILES string of the molecule is Cc1ccc(C)c(C(C)NC(=O)COc2cccc3ccccc23)c1. The number of nitrogens with one attached hydrogen (secondary N) is 1. The van der Waals surface area contributed by atoms with E-state index < -0.39 is 0 Å². The van der Waals surface area contributed by atoms with Gasteiger partial charge in [0.1, 0.15) is 5.75 Å². The minimum absolute atomic E-state index is 0.00319. The summed E-state index contributed by atoms with van der Waals surface area (Å²) in [6.45, 7) is 6.12. The number of fused-ring (bicyclic) bond motifs is 1. The number of carbonyl (C=O) groups excluding carboxylic acids is 1. The summed E-state index contributed by atoms with van der Waals surface area (Å²) in [5.41, 5.74) is 3.50. The molecule has 0 radical (unpaired) electrons. The van der Waals surface area contributed by atoms with E-state index in [0.717, 1.165) is 22.1 Å². The van der Waals surface area contributed by atoms with Gasteiger partial charge in [-0.15, -0.1) is 0 Å². The van der Waals surface area contributed by atoms with Crippen LogP contribution in [-0.2, 0) is 4.79 Å². The molecule has 1 unspecified atom stereocenters. The molecule has 1 amide bonds. The molecule has 0 fully saturated rings. The van der Waals surface area contributed by atoms with Gasteiger partial charge >= 0.3 is 0 Å². The van der Waals surface area contributed by atoms with Crippen molar-refractivity contribution in [3.63, 3.8) is 0 Å². The maximum Gasteiger partial charge on any atom is 0.258 e. The van der Waals surface area contributed by atoms with Crippen LogP contribution in [0.1, 0.15) is 29.7 Å². The van der Waals surface area contributed by atoms with Crippen LogP contribution < -0.4 is 10.1 Å². The van der Waals surface area contributed by atoms with Crippen molar-refractivity contribution in [1.29, 1.82) is 0 Å². The van der Waals surface area contributed by atoms with Gasteiger partial charge in [0.15, 0.2) is 6.61 Å². The lowest BCUT2D eigenvalue weighted by atomic mass is 10.00. The smallest absolute Gasteiger partial charge is 0.258 e. The van der Waals surface area contributed by atoms with Gasteiger partial charge in [-0.1, -0.05) is 60.2 Å². The highest BCUT2D eigenvalue weighted by molar-refractivity contribution is 5.88. The van der Waals surface area contributed by atoms with Gasteiger partial charge < -0.3 is 10.1 Å². The lowest BCUT2D eigenvalue weighted by molar-refractivity contribution is -0.123. The van der Waals surface area contributed by atoms with Gasteiger partial charge in [0.25, 0.3) is 5.91 Å². The monoisotopic (exact) mass is 333 g/mol. The number of rotatable bonds is 5. The van der Waals surface area contributed by atoms with Crippen LogP contribution in [0.3, 0.4) is 0 Å². The third-order valence-corrected chi connectivity index (χ3v) is 4.39. The van der Waals surface area contributed by atoms with Gasteiger partial charge in [0, 0.05) is 5.39 Å². The average Bonchev–Trinajstić information content (AvgIpc) is 2.61. The van der Waals surface area contributed by atoms with Crippen LogP contribution >= 0.6 is 0 Å². The number of aryl methyl sites for hydroxylation is 2. The van der Waals surface area contributed by atoms with E-state index in [1.165, 1.54) is 11.1 Å². The molecule has 3 nitrogen and oxygen atoms in total. The van der Waals surface area contributed by atoms with E-state index >= 15 is 0 Å². The Hall–Kier alpha value is -2.81. The molecule has 1 N–H and O–H groups in total. The molecule has 3 rings (SSSR count). The highest BCUT2D eigenvalue weighted by Crippen LogP contribution is 2.25. The van der Waals surface area contributed by atoms with E-state index in [4.69, 9.17) is 4.74 Å². The Bertz CT molecular complexity index is 896. The Morgan fingerprint density at radius 3 is 2.64 bits per heavy atom. The molecule has 0 bridgehead atoms. The molecule has 0 aliphatic carbocycles. The standard InChI is InChI=1S/C22H23NO2/c1-15-11-12-16(2)20(13-15)17(3)23-22(24)14-25-21-10-6-8-18-7-4-5-9-19(18)21/h4-13,17H,14H2,1-3H3,(H,23,24).